The number of phenolic OH excluding ortho intramolecular Hbond substituents is 1. The quantitative estimate of drug-likeness (QED) is 0.492. The molecule has 2 amide bonds. The third-order valence-corrected chi connectivity index (χ3v) is 7.17. The molecule has 192 valence electrons. The first-order valence-electron chi connectivity index (χ1n) is 10.9. The molecular formula is C23H24N2O10S. The van der Waals surface area contributed by atoms with E-state index < -0.39 is 45.8 Å². The number of hydrogen-bond acceptors (Lipinski definition) is 10. The summed E-state index contributed by atoms with van der Waals surface area (Å²) in [6.07, 6.45) is 0.867. The molecule has 3 N–H and O–H groups in total. The Kier molecular flexibility index (Phi) is 5.74. The lowest BCUT2D eigenvalue weighted by atomic mass is 9.65. The molecule has 0 unspecified atom stereocenters. The highest BCUT2D eigenvalue weighted by molar-refractivity contribution is 7.89. The van der Waals surface area contributed by atoms with Crippen LogP contribution in [0.15, 0.2) is 24.3 Å². The number of ether oxygens (including phenoxy) is 5. The van der Waals surface area contributed by atoms with E-state index in [0.29, 0.717) is 28.2 Å². The van der Waals surface area contributed by atoms with E-state index >= 15 is 0 Å². The molecule has 0 radical (unpaired) electrons. The summed E-state index contributed by atoms with van der Waals surface area (Å²) in [7, 11) is -1.02. The predicted molar refractivity (Wildman–Crippen MR) is 123 cm³/mol. The Hall–Kier alpha value is -3.87. The van der Waals surface area contributed by atoms with Crippen molar-refractivity contribution in [3.05, 3.63) is 41.0 Å². The molecule has 2 aromatic rings. The van der Waals surface area contributed by atoms with Gasteiger partial charge in [0.15, 0.2) is 23.0 Å². The summed E-state index contributed by atoms with van der Waals surface area (Å²) >= 11 is 0. The smallest absolute Gasteiger partial charge is 0.328 e. The van der Waals surface area contributed by atoms with E-state index in [2.05, 4.69) is 5.32 Å². The SMILES string of the molecule is COc1cc([C@@H]2c3cc4c(cc3[C@@H](NC(=O)NS(C)(=O)=O)[C@H]3COC(=O)[C@H]23)OCO4)cc(OC)c1O. The minimum atomic E-state index is -3.82. The van der Waals surface area contributed by atoms with Crippen LogP contribution in [0.4, 0.5) is 4.79 Å². The maximum absolute atomic E-state index is 13.1. The van der Waals surface area contributed by atoms with Crippen LogP contribution in [0.3, 0.4) is 0 Å². The van der Waals surface area contributed by atoms with Crippen LogP contribution < -0.4 is 29.0 Å². The second kappa shape index (κ2) is 8.66. The van der Waals surface area contributed by atoms with Gasteiger partial charge in [-0.1, -0.05) is 0 Å². The molecule has 0 saturated carbocycles. The number of fused-ring (bicyclic) bond motifs is 3. The number of amides is 2. The highest BCUT2D eigenvalue weighted by atomic mass is 32.2. The molecule has 0 aromatic heterocycles. The molecule has 5 rings (SSSR count). The molecule has 2 aromatic carbocycles. The number of cyclic esters (lactones) is 1. The Morgan fingerprint density at radius 1 is 1.03 bits per heavy atom. The van der Waals surface area contributed by atoms with Crippen LogP contribution in [0.2, 0.25) is 0 Å². The molecule has 1 aliphatic carbocycles. The fourth-order valence-corrected chi connectivity index (χ4v) is 5.58. The van der Waals surface area contributed by atoms with Gasteiger partial charge in [0.25, 0.3) is 0 Å². The second-order valence-corrected chi connectivity index (χ2v) is 10.5. The normalized spacial score (nSPS) is 23.8. The largest absolute Gasteiger partial charge is 0.502 e. The predicted octanol–water partition coefficient (Wildman–Crippen LogP) is 1.37. The van der Waals surface area contributed by atoms with Gasteiger partial charge in [0.2, 0.25) is 22.6 Å². The molecule has 1 fully saturated rings. The Balaban J connectivity index is 1.69. The topological polar surface area (TPSA) is 159 Å². The first kappa shape index (κ1) is 23.9. The number of rotatable bonds is 5. The highest BCUT2D eigenvalue weighted by Crippen LogP contribution is 2.55. The van der Waals surface area contributed by atoms with Gasteiger partial charge in [-0.25, -0.2) is 17.9 Å². The van der Waals surface area contributed by atoms with Gasteiger partial charge in [-0.05, 0) is 41.0 Å². The summed E-state index contributed by atoms with van der Waals surface area (Å²) in [5.74, 6) is -1.32. The van der Waals surface area contributed by atoms with Gasteiger partial charge in [0, 0.05) is 11.8 Å². The number of sulfonamides is 1. The average molecular weight is 521 g/mol. The van der Waals surface area contributed by atoms with Crippen LogP contribution in [-0.4, -0.2) is 59.4 Å². The van der Waals surface area contributed by atoms with Gasteiger partial charge in [-0.15, -0.1) is 0 Å². The third-order valence-electron chi connectivity index (χ3n) is 6.61. The van der Waals surface area contributed by atoms with E-state index in [0.717, 1.165) is 6.26 Å². The monoisotopic (exact) mass is 520 g/mol. The minimum Gasteiger partial charge on any atom is -0.502 e. The molecule has 2 heterocycles. The maximum atomic E-state index is 13.1. The standard InChI is InChI=1S/C23H24N2O10S/c1-31-16-4-10(5-17(32-2)21(16)26)18-11-6-14-15(35-9-34-14)7-12(11)20(13-8-33-22(27)19(13)18)24-23(28)25-36(3,29)30/h4-7,13,18-20,26H,8-9H2,1-3H3,(H2,24,25,28)/t13-,18+,19-,20+/m0/s1. The third kappa shape index (κ3) is 3.98. The van der Waals surface area contributed by atoms with Crippen LogP contribution in [0.1, 0.15) is 28.7 Å². The number of benzene rings is 2. The summed E-state index contributed by atoms with van der Waals surface area (Å²) in [5, 5.41) is 13.1. The number of carbonyl (C=O) groups is 2. The van der Waals surface area contributed by atoms with Crippen LogP contribution in [-0.2, 0) is 19.6 Å². The van der Waals surface area contributed by atoms with Crippen LogP contribution >= 0.6 is 0 Å². The lowest BCUT2D eigenvalue weighted by Crippen LogP contribution is -2.47. The fourth-order valence-electron chi connectivity index (χ4n) is 5.18. The van der Waals surface area contributed by atoms with Gasteiger partial charge in [-0.2, -0.15) is 0 Å². The van der Waals surface area contributed by atoms with Crippen molar-refractivity contribution in [3.63, 3.8) is 0 Å². The van der Waals surface area contributed by atoms with Gasteiger partial charge < -0.3 is 34.1 Å². The van der Waals surface area contributed by atoms with E-state index in [9.17, 15) is 23.1 Å². The van der Waals surface area contributed by atoms with E-state index in [-0.39, 0.29) is 30.6 Å². The number of nitrogens with one attached hydrogen (secondary N) is 2. The molecule has 4 atom stereocenters. The molecule has 0 bridgehead atoms. The van der Waals surface area contributed by atoms with E-state index in [1.165, 1.54) is 14.2 Å². The Morgan fingerprint density at radius 3 is 2.22 bits per heavy atom. The van der Waals surface area contributed by atoms with Crippen molar-refractivity contribution in [2.24, 2.45) is 11.8 Å². The summed E-state index contributed by atoms with van der Waals surface area (Å²) < 4.78 is 52.3. The van der Waals surface area contributed by atoms with Crippen molar-refractivity contribution in [2.45, 2.75) is 12.0 Å². The highest BCUT2D eigenvalue weighted by Gasteiger charge is 2.53. The zero-order valence-electron chi connectivity index (χ0n) is 19.6. The second-order valence-electron chi connectivity index (χ2n) is 8.73. The zero-order chi connectivity index (χ0) is 25.8. The number of hydrogen-bond donors (Lipinski definition) is 3. The molecule has 1 saturated heterocycles. The molecule has 36 heavy (non-hydrogen) atoms. The number of aromatic hydroxyl groups is 1. The molecule has 12 nitrogen and oxygen atoms in total. The molecule has 13 heteroatoms. The van der Waals surface area contributed by atoms with Gasteiger partial charge in [0.05, 0.1) is 39.0 Å². The van der Waals surface area contributed by atoms with Gasteiger partial charge in [-0.3, -0.25) is 4.79 Å². The number of methoxy groups -OCH3 is 2. The van der Waals surface area contributed by atoms with Crippen molar-refractivity contribution in [1.82, 2.24) is 10.0 Å². The number of phenols is 1. The lowest BCUT2D eigenvalue weighted by Gasteiger charge is -2.39. The van der Waals surface area contributed by atoms with Crippen LogP contribution in [0, 0.1) is 11.8 Å². The molecular weight excluding hydrogens is 496 g/mol. The van der Waals surface area contributed by atoms with E-state index in [4.69, 9.17) is 23.7 Å². The summed E-state index contributed by atoms with van der Waals surface area (Å²) in [5.41, 5.74) is 1.85. The van der Waals surface area contributed by atoms with Crippen molar-refractivity contribution in [2.75, 3.05) is 33.9 Å². The lowest BCUT2D eigenvalue weighted by molar-refractivity contribution is -0.141. The minimum absolute atomic E-state index is 0.00402. The van der Waals surface area contributed by atoms with E-state index in [1.54, 1.807) is 24.3 Å². The average Bonchev–Trinajstić information content (AvgIpc) is 3.43. The molecule has 3 aliphatic rings. The first-order valence-corrected chi connectivity index (χ1v) is 12.8. The summed E-state index contributed by atoms with van der Waals surface area (Å²) in [4.78, 5) is 25.6. The number of esters is 1. The molecule has 0 spiro atoms. The van der Waals surface area contributed by atoms with Crippen molar-refractivity contribution in [1.29, 1.82) is 0 Å². The Bertz CT molecular complexity index is 1330. The first-order chi connectivity index (χ1) is 17.1. The van der Waals surface area contributed by atoms with Crippen molar-refractivity contribution < 1.29 is 46.8 Å². The fraction of sp³-hybridized carbons (Fsp3) is 0.391. The van der Waals surface area contributed by atoms with E-state index in [1.807, 2.05) is 4.72 Å². The van der Waals surface area contributed by atoms with Crippen molar-refractivity contribution in [3.8, 4) is 28.7 Å². The summed E-state index contributed by atoms with van der Waals surface area (Å²) in [6.45, 7) is 0.00929. The number of urea groups is 1. The Morgan fingerprint density at radius 2 is 1.64 bits per heavy atom. The Labute approximate surface area is 206 Å². The maximum Gasteiger partial charge on any atom is 0.328 e. The van der Waals surface area contributed by atoms with Gasteiger partial charge >= 0.3 is 12.0 Å². The van der Waals surface area contributed by atoms with Crippen LogP contribution in [0.5, 0.6) is 28.7 Å². The summed E-state index contributed by atoms with van der Waals surface area (Å²) in [6, 6.07) is 4.97. The number of carbonyl (C=O) groups excluding carboxylic acids is 2. The van der Waals surface area contributed by atoms with Crippen molar-refractivity contribution >= 4 is 22.0 Å². The van der Waals surface area contributed by atoms with Crippen LogP contribution in [0.25, 0.3) is 0 Å². The molecule has 2 aliphatic heterocycles. The van der Waals surface area contributed by atoms with Gasteiger partial charge in [0.1, 0.15) is 0 Å². The zero-order valence-corrected chi connectivity index (χ0v) is 20.4.